The van der Waals surface area contributed by atoms with E-state index < -0.39 is 0 Å². The van der Waals surface area contributed by atoms with Crippen LogP contribution in [0, 0.1) is 6.92 Å². The molecule has 0 spiro atoms. The normalized spacial score (nSPS) is 17.2. The average Bonchev–Trinajstić information content (AvgIpc) is 3.07. The zero-order valence-electron chi connectivity index (χ0n) is 17.8. The van der Waals surface area contributed by atoms with Gasteiger partial charge in [-0.15, -0.1) is 0 Å². The van der Waals surface area contributed by atoms with Crippen LogP contribution in [0.1, 0.15) is 38.3 Å². The van der Waals surface area contributed by atoms with Crippen molar-refractivity contribution in [1.82, 2.24) is 5.32 Å². The molecule has 0 radical (unpaired) electrons. The van der Waals surface area contributed by atoms with E-state index in [0.717, 1.165) is 17.5 Å². The number of amidine groups is 1. The Morgan fingerprint density at radius 2 is 2.00 bits per heavy atom. The molecule has 2 aromatic rings. The molecule has 1 aliphatic heterocycles. The lowest BCUT2D eigenvalue weighted by Gasteiger charge is -2.18. The van der Waals surface area contributed by atoms with Gasteiger partial charge in [0.1, 0.15) is 0 Å². The minimum atomic E-state index is -0.225. The minimum absolute atomic E-state index is 0.00536. The number of amides is 1. The van der Waals surface area contributed by atoms with Crippen LogP contribution in [0.4, 0.5) is 5.69 Å². The molecule has 5 nitrogen and oxygen atoms in total. The molecule has 0 bridgehead atoms. The summed E-state index contributed by atoms with van der Waals surface area (Å²) in [7, 11) is 0. The molecule has 0 aliphatic carbocycles. The summed E-state index contributed by atoms with van der Waals surface area (Å²) in [6.07, 6.45) is 2.61. The molecule has 1 fully saturated rings. The molecule has 1 saturated heterocycles. The van der Waals surface area contributed by atoms with Gasteiger partial charge in [0.15, 0.2) is 16.7 Å². The molecule has 0 unspecified atom stereocenters. The summed E-state index contributed by atoms with van der Waals surface area (Å²) in [5, 5.41) is 4.35. The van der Waals surface area contributed by atoms with Crippen LogP contribution in [0.3, 0.4) is 0 Å². The fraction of sp³-hybridized carbons (Fsp3) is 0.304. The summed E-state index contributed by atoms with van der Waals surface area (Å²) < 4.78 is 11.7. The van der Waals surface area contributed by atoms with E-state index in [1.54, 1.807) is 18.2 Å². The van der Waals surface area contributed by atoms with Crippen molar-refractivity contribution in [2.24, 2.45) is 4.99 Å². The topological polar surface area (TPSA) is 59.9 Å². The highest BCUT2D eigenvalue weighted by molar-refractivity contribution is 8.18. The van der Waals surface area contributed by atoms with Gasteiger partial charge < -0.3 is 14.8 Å². The second kappa shape index (κ2) is 10.4. The first-order valence-corrected chi connectivity index (χ1v) is 11.6. The predicted molar refractivity (Wildman–Crippen MR) is 130 cm³/mol. The van der Waals surface area contributed by atoms with Crippen LogP contribution >= 0.6 is 35.0 Å². The largest absolute Gasteiger partial charge is 0.490 e. The van der Waals surface area contributed by atoms with E-state index in [2.05, 4.69) is 10.3 Å². The lowest BCUT2D eigenvalue weighted by Crippen LogP contribution is -2.19. The SMILES string of the molecule is CCOc1cc(/C=C2/SC(=Nc3cccc(Cl)c3C)NC2=O)cc(Cl)c1O[C@@H](C)CC. The first-order valence-electron chi connectivity index (χ1n) is 10.00. The maximum atomic E-state index is 12.5. The number of benzene rings is 2. The van der Waals surface area contributed by atoms with Gasteiger partial charge in [0.05, 0.1) is 28.3 Å². The van der Waals surface area contributed by atoms with E-state index in [1.165, 1.54) is 11.8 Å². The Kier molecular flexibility index (Phi) is 7.92. The Bertz CT molecular complexity index is 1050. The number of rotatable bonds is 7. The molecule has 1 heterocycles. The molecule has 31 heavy (non-hydrogen) atoms. The van der Waals surface area contributed by atoms with Gasteiger partial charge in [-0.05, 0) is 80.4 Å². The van der Waals surface area contributed by atoms with Crippen LogP contribution in [-0.4, -0.2) is 23.8 Å². The fourth-order valence-electron chi connectivity index (χ4n) is 2.79. The highest BCUT2D eigenvalue weighted by Gasteiger charge is 2.25. The third-order valence-electron chi connectivity index (χ3n) is 4.64. The van der Waals surface area contributed by atoms with Crippen molar-refractivity contribution in [2.45, 2.75) is 40.2 Å². The summed E-state index contributed by atoms with van der Waals surface area (Å²) in [4.78, 5) is 17.5. The number of hydrogen-bond donors (Lipinski definition) is 1. The molecular weight excluding hydrogens is 455 g/mol. The number of halogens is 2. The van der Waals surface area contributed by atoms with Crippen molar-refractivity contribution in [2.75, 3.05) is 6.61 Å². The zero-order chi connectivity index (χ0) is 22.5. The zero-order valence-corrected chi connectivity index (χ0v) is 20.1. The van der Waals surface area contributed by atoms with E-state index in [1.807, 2.05) is 45.9 Å². The Balaban J connectivity index is 1.89. The summed E-state index contributed by atoms with van der Waals surface area (Å²) in [5.74, 6) is 0.841. The summed E-state index contributed by atoms with van der Waals surface area (Å²) in [6, 6.07) is 9.07. The molecule has 1 aliphatic rings. The highest BCUT2D eigenvalue weighted by atomic mass is 35.5. The van der Waals surface area contributed by atoms with Gasteiger partial charge in [0.25, 0.3) is 5.91 Å². The van der Waals surface area contributed by atoms with Crippen molar-refractivity contribution >= 4 is 57.8 Å². The predicted octanol–water partition coefficient (Wildman–Crippen LogP) is 6.77. The van der Waals surface area contributed by atoms with Gasteiger partial charge in [-0.25, -0.2) is 4.99 Å². The molecule has 8 heteroatoms. The minimum Gasteiger partial charge on any atom is -0.490 e. The van der Waals surface area contributed by atoms with Crippen molar-refractivity contribution in [3.63, 3.8) is 0 Å². The number of nitrogens with one attached hydrogen (secondary N) is 1. The maximum Gasteiger partial charge on any atom is 0.264 e. The van der Waals surface area contributed by atoms with E-state index in [0.29, 0.717) is 43.9 Å². The van der Waals surface area contributed by atoms with E-state index in [4.69, 9.17) is 32.7 Å². The van der Waals surface area contributed by atoms with E-state index >= 15 is 0 Å². The first-order chi connectivity index (χ1) is 14.8. The van der Waals surface area contributed by atoms with Crippen molar-refractivity contribution < 1.29 is 14.3 Å². The standard InChI is InChI=1S/C23H24Cl2N2O3S/c1-5-13(3)30-21-17(25)10-15(11-19(21)29-6-2)12-20-22(28)27-23(31-20)26-18-9-7-8-16(24)14(18)4/h7-13H,5-6H2,1-4H3,(H,26,27,28)/b20-12+/t13-/m0/s1. The fourth-order valence-corrected chi connectivity index (χ4v) is 4.06. The number of aliphatic imine (C=N–C) groups is 1. The average molecular weight is 479 g/mol. The number of thioether (sulfide) groups is 1. The third kappa shape index (κ3) is 5.76. The number of carbonyl (C=O) groups is 1. The summed E-state index contributed by atoms with van der Waals surface area (Å²) in [5.41, 5.74) is 2.31. The van der Waals surface area contributed by atoms with Gasteiger partial charge in [-0.2, -0.15) is 0 Å². The molecule has 164 valence electrons. The van der Waals surface area contributed by atoms with E-state index in [-0.39, 0.29) is 12.0 Å². The van der Waals surface area contributed by atoms with Gasteiger partial charge in [-0.1, -0.05) is 36.2 Å². The Morgan fingerprint density at radius 3 is 2.71 bits per heavy atom. The van der Waals surface area contributed by atoms with Crippen molar-refractivity contribution in [3.8, 4) is 11.5 Å². The molecule has 2 aromatic carbocycles. The van der Waals surface area contributed by atoms with Crippen LogP contribution in [-0.2, 0) is 4.79 Å². The summed E-state index contributed by atoms with van der Waals surface area (Å²) in [6.45, 7) is 8.27. The number of hydrogen-bond acceptors (Lipinski definition) is 5. The maximum absolute atomic E-state index is 12.5. The smallest absolute Gasteiger partial charge is 0.264 e. The quantitative estimate of drug-likeness (QED) is 0.446. The van der Waals surface area contributed by atoms with E-state index in [9.17, 15) is 4.79 Å². The molecule has 1 atom stereocenters. The monoisotopic (exact) mass is 478 g/mol. The van der Waals surface area contributed by atoms with Gasteiger partial charge >= 0.3 is 0 Å². The number of ether oxygens (including phenoxy) is 2. The van der Waals surface area contributed by atoms with Crippen molar-refractivity contribution in [3.05, 3.63) is 56.4 Å². The van der Waals surface area contributed by atoms with Crippen LogP contribution in [0.2, 0.25) is 10.0 Å². The third-order valence-corrected chi connectivity index (χ3v) is 6.24. The van der Waals surface area contributed by atoms with Gasteiger partial charge in [-0.3, -0.25) is 4.79 Å². The molecule has 1 N–H and O–H groups in total. The molecule has 0 saturated carbocycles. The lowest BCUT2D eigenvalue weighted by atomic mass is 10.1. The second-order valence-electron chi connectivity index (χ2n) is 6.97. The second-order valence-corrected chi connectivity index (χ2v) is 8.81. The molecule has 1 amide bonds. The van der Waals surface area contributed by atoms with Crippen LogP contribution in [0.25, 0.3) is 6.08 Å². The Labute approximate surface area is 196 Å². The first kappa shape index (κ1) is 23.5. The molecule has 0 aromatic heterocycles. The van der Waals surface area contributed by atoms with Crippen LogP contribution in [0.5, 0.6) is 11.5 Å². The number of carbonyl (C=O) groups excluding carboxylic acids is 1. The van der Waals surface area contributed by atoms with Crippen LogP contribution in [0.15, 0.2) is 40.2 Å². The van der Waals surface area contributed by atoms with Crippen molar-refractivity contribution in [1.29, 1.82) is 0 Å². The highest BCUT2D eigenvalue weighted by Crippen LogP contribution is 2.39. The lowest BCUT2D eigenvalue weighted by molar-refractivity contribution is -0.115. The van der Waals surface area contributed by atoms with Crippen LogP contribution < -0.4 is 14.8 Å². The Hall–Kier alpha value is -2.15. The van der Waals surface area contributed by atoms with Gasteiger partial charge in [0, 0.05) is 5.02 Å². The number of nitrogens with zero attached hydrogens (tertiary/aromatic N) is 1. The summed E-state index contributed by atoms with van der Waals surface area (Å²) >= 11 is 13.9. The Morgan fingerprint density at radius 1 is 1.23 bits per heavy atom. The molecule has 3 rings (SSSR count). The molecular formula is C23H24Cl2N2O3S. The van der Waals surface area contributed by atoms with Gasteiger partial charge in [0.2, 0.25) is 0 Å².